The number of hydroxylamine groups is 1. The van der Waals surface area contributed by atoms with Crippen LogP contribution in [-0.2, 0) is 4.84 Å². The van der Waals surface area contributed by atoms with Crippen LogP contribution in [-0.4, -0.2) is 16.6 Å². The van der Waals surface area contributed by atoms with Crippen molar-refractivity contribution in [2.45, 2.75) is 40.7 Å². The Labute approximate surface area is 102 Å². The molecule has 0 saturated heterocycles. The zero-order valence-electron chi connectivity index (χ0n) is 11.1. The van der Waals surface area contributed by atoms with Crippen LogP contribution in [0.25, 0.3) is 0 Å². The minimum absolute atomic E-state index is 0.108. The summed E-state index contributed by atoms with van der Waals surface area (Å²) in [6, 6.07) is -0.175. The molecule has 1 aromatic rings. The average molecular weight is 239 g/mol. The number of hydrogen-bond donors (Lipinski definition) is 2. The van der Waals surface area contributed by atoms with Gasteiger partial charge in [0.1, 0.15) is 5.82 Å². The number of H-pyrrole nitrogens is 1. The lowest BCUT2D eigenvalue weighted by Gasteiger charge is -2.16. The highest BCUT2D eigenvalue weighted by atomic mass is 16.6. The molecule has 0 saturated carbocycles. The Morgan fingerprint density at radius 2 is 2.00 bits per heavy atom. The molecule has 1 unspecified atom stereocenters. The Hall–Kier alpha value is -1.20. The van der Waals surface area contributed by atoms with Gasteiger partial charge in [0, 0.05) is 5.69 Å². The van der Waals surface area contributed by atoms with Crippen molar-refractivity contribution in [3.63, 3.8) is 0 Å². The summed E-state index contributed by atoms with van der Waals surface area (Å²) in [5.74, 6) is 1.08. The standard InChI is InChI=1S/C12H21N3O2/c1-7(2)6-17-15-9(4)11-8(3)13-10(5)14-12(11)16/h7,9,15H,6H2,1-5H3,(H,13,14,16). The molecule has 5 heteroatoms. The number of aromatic amines is 1. The highest BCUT2D eigenvalue weighted by Gasteiger charge is 2.14. The van der Waals surface area contributed by atoms with E-state index in [-0.39, 0.29) is 11.6 Å². The summed E-state index contributed by atoms with van der Waals surface area (Å²) in [6.07, 6.45) is 0. The topological polar surface area (TPSA) is 67.0 Å². The molecule has 0 radical (unpaired) electrons. The lowest BCUT2D eigenvalue weighted by molar-refractivity contribution is 0.00361. The predicted octanol–water partition coefficient (Wildman–Crippen LogP) is 1.62. The maximum absolute atomic E-state index is 11.8. The van der Waals surface area contributed by atoms with Crippen molar-refractivity contribution in [2.75, 3.05) is 6.61 Å². The number of nitrogens with zero attached hydrogens (tertiary/aromatic N) is 1. The van der Waals surface area contributed by atoms with Crippen LogP contribution in [0.5, 0.6) is 0 Å². The molecule has 0 aliphatic carbocycles. The van der Waals surface area contributed by atoms with Crippen molar-refractivity contribution >= 4 is 0 Å². The Balaban J connectivity index is 2.75. The first-order chi connectivity index (χ1) is 7.91. The summed E-state index contributed by atoms with van der Waals surface area (Å²) < 4.78 is 0. The van der Waals surface area contributed by atoms with Crippen LogP contribution in [0, 0.1) is 19.8 Å². The van der Waals surface area contributed by atoms with Crippen molar-refractivity contribution in [1.82, 2.24) is 15.4 Å². The van der Waals surface area contributed by atoms with Crippen LogP contribution < -0.4 is 11.0 Å². The lowest BCUT2D eigenvalue weighted by Crippen LogP contribution is -2.29. The van der Waals surface area contributed by atoms with Crippen LogP contribution in [0.1, 0.15) is 43.9 Å². The Morgan fingerprint density at radius 1 is 1.35 bits per heavy atom. The van der Waals surface area contributed by atoms with E-state index in [1.165, 1.54) is 0 Å². The zero-order chi connectivity index (χ0) is 13.0. The Morgan fingerprint density at radius 3 is 2.53 bits per heavy atom. The smallest absolute Gasteiger partial charge is 0.255 e. The number of aryl methyl sites for hydroxylation is 2. The summed E-state index contributed by atoms with van der Waals surface area (Å²) in [7, 11) is 0. The van der Waals surface area contributed by atoms with Gasteiger partial charge in [0.25, 0.3) is 5.56 Å². The molecule has 1 rings (SSSR count). The first-order valence-electron chi connectivity index (χ1n) is 5.86. The molecule has 5 nitrogen and oxygen atoms in total. The van der Waals surface area contributed by atoms with Crippen molar-refractivity contribution in [2.24, 2.45) is 5.92 Å². The molecule has 1 heterocycles. The van der Waals surface area contributed by atoms with Crippen LogP contribution in [0.3, 0.4) is 0 Å². The second-order valence-corrected chi connectivity index (χ2v) is 4.69. The number of nitrogens with one attached hydrogen (secondary N) is 2. The van der Waals surface area contributed by atoms with Gasteiger partial charge in [0.15, 0.2) is 0 Å². The van der Waals surface area contributed by atoms with Gasteiger partial charge in [-0.25, -0.2) is 4.98 Å². The molecule has 2 N–H and O–H groups in total. The second kappa shape index (κ2) is 5.93. The lowest BCUT2D eigenvalue weighted by atomic mass is 10.1. The third kappa shape index (κ3) is 3.94. The summed E-state index contributed by atoms with van der Waals surface area (Å²) in [5.41, 5.74) is 4.12. The normalized spacial score (nSPS) is 13.1. The van der Waals surface area contributed by atoms with Gasteiger partial charge >= 0.3 is 0 Å². The van der Waals surface area contributed by atoms with E-state index < -0.39 is 0 Å². The van der Waals surface area contributed by atoms with Gasteiger partial charge < -0.3 is 9.82 Å². The average Bonchev–Trinajstić information content (AvgIpc) is 2.14. The molecule has 17 heavy (non-hydrogen) atoms. The SMILES string of the molecule is Cc1nc(C)c(C(C)NOCC(C)C)c(=O)[nH]1. The Bertz CT molecular complexity index is 426. The van der Waals surface area contributed by atoms with E-state index in [1.807, 2.05) is 13.8 Å². The van der Waals surface area contributed by atoms with E-state index in [0.717, 1.165) is 5.69 Å². The molecule has 0 amide bonds. The highest BCUT2D eigenvalue weighted by molar-refractivity contribution is 5.19. The predicted molar refractivity (Wildman–Crippen MR) is 66.7 cm³/mol. The number of rotatable bonds is 5. The van der Waals surface area contributed by atoms with Gasteiger partial charge in [0.05, 0.1) is 18.2 Å². The van der Waals surface area contributed by atoms with Crippen molar-refractivity contribution in [1.29, 1.82) is 0 Å². The molecule has 0 aromatic carbocycles. The zero-order valence-corrected chi connectivity index (χ0v) is 11.1. The third-order valence-corrected chi connectivity index (χ3v) is 2.37. The van der Waals surface area contributed by atoms with E-state index in [0.29, 0.717) is 23.9 Å². The molecule has 0 fully saturated rings. The molecule has 1 aromatic heterocycles. The van der Waals surface area contributed by atoms with Gasteiger partial charge in [-0.05, 0) is 26.7 Å². The van der Waals surface area contributed by atoms with Gasteiger partial charge in [0.2, 0.25) is 0 Å². The number of hydrogen-bond acceptors (Lipinski definition) is 4. The van der Waals surface area contributed by atoms with E-state index in [9.17, 15) is 4.79 Å². The van der Waals surface area contributed by atoms with Gasteiger partial charge in [-0.3, -0.25) is 4.79 Å². The fourth-order valence-corrected chi connectivity index (χ4v) is 1.64. The molecule has 0 aliphatic rings. The van der Waals surface area contributed by atoms with Crippen molar-refractivity contribution in [3.8, 4) is 0 Å². The van der Waals surface area contributed by atoms with Gasteiger partial charge in [-0.15, -0.1) is 0 Å². The fourth-order valence-electron chi connectivity index (χ4n) is 1.64. The van der Waals surface area contributed by atoms with Crippen LogP contribution >= 0.6 is 0 Å². The molecule has 0 bridgehead atoms. The quantitative estimate of drug-likeness (QED) is 0.766. The van der Waals surface area contributed by atoms with E-state index in [1.54, 1.807) is 6.92 Å². The molecule has 0 aliphatic heterocycles. The van der Waals surface area contributed by atoms with Gasteiger partial charge in [-0.2, -0.15) is 5.48 Å². The summed E-state index contributed by atoms with van der Waals surface area (Å²) in [6.45, 7) is 10.2. The maximum atomic E-state index is 11.8. The van der Waals surface area contributed by atoms with Crippen molar-refractivity contribution < 1.29 is 4.84 Å². The minimum atomic E-state index is -0.175. The molecule has 1 atom stereocenters. The minimum Gasteiger partial charge on any atom is -0.310 e. The first kappa shape index (κ1) is 13.9. The van der Waals surface area contributed by atoms with E-state index >= 15 is 0 Å². The number of aromatic nitrogens is 2. The Kier molecular flexibility index (Phi) is 4.84. The molecule has 0 spiro atoms. The summed E-state index contributed by atoms with van der Waals surface area (Å²) in [4.78, 5) is 24.1. The van der Waals surface area contributed by atoms with Crippen LogP contribution in [0.15, 0.2) is 4.79 Å². The van der Waals surface area contributed by atoms with E-state index in [2.05, 4.69) is 29.3 Å². The largest absolute Gasteiger partial charge is 0.310 e. The van der Waals surface area contributed by atoms with Crippen LogP contribution in [0.2, 0.25) is 0 Å². The maximum Gasteiger partial charge on any atom is 0.255 e. The van der Waals surface area contributed by atoms with Crippen LogP contribution in [0.4, 0.5) is 0 Å². The summed E-state index contributed by atoms with van der Waals surface area (Å²) in [5, 5.41) is 0. The first-order valence-corrected chi connectivity index (χ1v) is 5.86. The van der Waals surface area contributed by atoms with Crippen molar-refractivity contribution in [3.05, 3.63) is 27.4 Å². The van der Waals surface area contributed by atoms with E-state index in [4.69, 9.17) is 4.84 Å². The molecular formula is C12H21N3O2. The third-order valence-electron chi connectivity index (χ3n) is 2.37. The van der Waals surface area contributed by atoms with Gasteiger partial charge in [-0.1, -0.05) is 13.8 Å². The summed E-state index contributed by atoms with van der Waals surface area (Å²) >= 11 is 0. The molecule has 96 valence electrons. The fraction of sp³-hybridized carbons (Fsp3) is 0.667. The highest BCUT2D eigenvalue weighted by Crippen LogP contribution is 2.10. The second-order valence-electron chi connectivity index (χ2n) is 4.69. The molecular weight excluding hydrogens is 218 g/mol. The monoisotopic (exact) mass is 239 g/mol.